The number of piperidine rings is 1. The van der Waals surface area contributed by atoms with Crippen LogP contribution >= 0.6 is 0 Å². The predicted molar refractivity (Wildman–Crippen MR) is 96.0 cm³/mol. The molecular formula is C17H32N6O. The van der Waals surface area contributed by atoms with Crippen LogP contribution in [-0.2, 0) is 18.3 Å². The lowest BCUT2D eigenvalue weighted by molar-refractivity contribution is 0.145. The van der Waals surface area contributed by atoms with E-state index in [-0.39, 0.29) is 0 Å². The molecule has 0 saturated carbocycles. The van der Waals surface area contributed by atoms with Crippen LogP contribution in [0.4, 0.5) is 0 Å². The minimum absolute atomic E-state index is 0.552. The van der Waals surface area contributed by atoms with Crippen LogP contribution in [-0.4, -0.2) is 58.5 Å². The first kappa shape index (κ1) is 18.7. The highest BCUT2D eigenvalue weighted by molar-refractivity contribution is 5.80. The third kappa shape index (κ3) is 5.47. The Kier molecular flexibility index (Phi) is 7.49. The first-order valence-electron chi connectivity index (χ1n) is 9.07. The average molecular weight is 336 g/mol. The normalized spacial score (nSPS) is 18.9. The van der Waals surface area contributed by atoms with E-state index in [1.54, 1.807) is 0 Å². The molecule has 7 heteroatoms. The third-order valence-electron chi connectivity index (χ3n) is 4.46. The Morgan fingerprint density at radius 1 is 1.42 bits per heavy atom. The molecule has 24 heavy (non-hydrogen) atoms. The van der Waals surface area contributed by atoms with Crippen LogP contribution in [0.1, 0.15) is 44.8 Å². The lowest BCUT2D eigenvalue weighted by atomic mass is 10.0. The van der Waals surface area contributed by atoms with Gasteiger partial charge in [0.05, 0.1) is 0 Å². The maximum absolute atomic E-state index is 5.41. The van der Waals surface area contributed by atoms with Crippen molar-refractivity contribution in [2.45, 2.75) is 46.6 Å². The molecule has 0 radical (unpaired) electrons. The zero-order valence-corrected chi connectivity index (χ0v) is 15.6. The van der Waals surface area contributed by atoms with Crippen molar-refractivity contribution < 1.29 is 4.74 Å². The molecule has 1 unspecified atom stereocenters. The van der Waals surface area contributed by atoms with E-state index in [0.717, 1.165) is 56.9 Å². The summed E-state index contributed by atoms with van der Waals surface area (Å²) in [5.41, 5.74) is 0. The van der Waals surface area contributed by atoms with E-state index in [2.05, 4.69) is 27.3 Å². The standard InChI is InChI=1S/C17H32N6O/c1-5-24-11-7-9-18-17(23-10-6-8-14(2)13-23)19-12-16-21-20-15(3)22(16)4/h14H,5-13H2,1-4H3,(H,18,19). The van der Waals surface area contributed by atoms with Gasteiger partial charge in [0, 0.05) is 39.9 Å². The lowest BCUT2D eigenvalue weighted by Gasteiger charge is -2.33. The molecule has 1 N–H and O–H groups in total. The van der Waals surface area contributed by atoms with Gasteiger partial charge in [0.25, 0.3) is 0 Å². The Morgan fingerprint density at radius 2 is 2.25 bits per heavy atom. The van der Waals surface area contributed by atoms with Gasteiger partial charge in [-0.05, 0) is 39.0 Å². The number of aliphatic imine (C=N–C) groups is 1. The minimum atomic E-state index is 0.552. The van der Waals surface area contributed by atoms with Gasteiger partial charge in [-0.25, -0.2) is 4.99 Å². The molecule has 0 amide bonds. The molecule has 7 nitrogen and oxygen atoms in total. The molecule has 1 atom stereocenters. The summed E-state index contributed by atoms with van der Waals surface area (Å²) in [6.45, 7) is 11.4. The van der Waals surface area contributed by atoms with Gasteiger partial charge in [0.15, 0.2) is 11.8 Å². The first-order valence-corrected chi connectivity index (χ1v) is 9.07. The van der Waals surface area contributed by atoms with E-state index >= 15 is 0 Å². The topological polar surface area (TPSA) is 67.6 Å². The van der Waals surface area contributed by atoms with E-state index in [1.165, 1.54) is 12.8 Å². The number of aromatic nitrogens is 3. The molecule has 1 fully saturated rings. The zero-order chi connectivity index (χ0) is 17.4. The number of nitrogens with one attached hydrogen (secondary N) is 1. The molecule has 1 aliphatic rings. The molecular weight excluding hydrogens is 304 g/mol. The lowest BCUT2D eigenvalue weighted by Crippen LogP contribution is -2.46. The second-order valence-corrected chi connectivity index (χ2v) is 6.53. The molecule has 0 spiro atoms. The number of ether oxygens (including phenoxy) is 1. The van der Waals surface area contributed by atoms with E-state index in [4.69, 9.17) is 9.73 Å². The summed E-state index contributed by atoms with van der Waals surface area (Å²) in [6, 6.07) is 0. The van der Waals surface area contributed by atoms with Gasteiger partial charge in [-0.1, -0.05) is 6.92 Å². The van der Waals surface area contributed by atoms with Crippen molar-refractivity contribution in [1.82, 2.24) is 25.0 Å². The molecule has 2 heterocycles. The summed E-state index contributed by atoms with van der Waals surface area (Å²) in [5, 5.41) is 11.8. The number of likely N-dealkylation sites (tertiary alicyclic amines) is 1. The molecule has 0 bridgehead atoms. The van der Waals surface area contributed by atoms with E-state index < -0.39 is 0 Å². The Morgan fingerprint density at radius 3 is 2.92 bits per heavy atom. The van der Waals surface area contributed by atoms with Crippen molar-refractivity contribution in [3.05, 3.63) is 11.6 Å². The van der Waals surface area contributed by atoms with E-state index in [9.17, 15) is 0 Å². The molecule has 1 aliphatic heterocycles. The van der Waals surface area contributed by atoms with Crippen LogP contribution < -0.4 is 5.32 Å². The SMILES string of the molecule is CCOCCCNC(=NCc1nnc(C)n1C)N1CCCC(C)C1. The Labute approximate surface area is 145 Å². The van der Waals surface area contributed by atoms with Gasteiger partial charge < -0.3 is 19.5 Å². The van der Waals surface area contributed by atoms with Gasteiger partial charge in [-0.15, -0.1) is 10.2 Å². The van der Waals surface area contributed by atoms with E-state index in [0.29, 0.717) is 12.5 Å². The summed E-state index contributed by atoms with van der Waals surface area (Å²) >= 11 is 0. The zero-order valence-electron chi connectivity index (χ0n) is 15.6. The Balaban J connectivity index is 1.97. The van der Waals surface area contributed by atoms with Crippen molar-refractivity contribution in [3.8, 4) is 0 Å². The van der Waals surface area contributed by atoms with Crippen molar-refractivity contribution in [2.75, 3.05) is 32.8 Å². The van der Waals surface area contributed by atoms with Crippen LogP contribution in [0.3, 0.4) is 0 Å². The fraction of sp³-hybridized carbons (Fsp3) is 0.824. The smallest absolute Gasteiger partial charge is 0.194 e. The minimum Gasteiger partial charge on any atom is -0.382 e. The van der Waals surface area contributed by atoms with Crippen molar-refractivity contribution >= 4 is 5.96 Å². The summed E-state index contributed by atoms with van der Waals surface area (Å²) in [7, 11) is 1.98. The molecule has 2 rings (SSSR count). The van der Waals surface area contributed by atoms with Crippen LogP contribution in [0.5, 0.6) is 0 Å². The molecule has 1 saturated heterocycles. The van der Waals surface area contributed by atoms with Crippen LogP contribution in [0, 0.1) is 12.8 Å². The highest BCUT2D eigenvalue weighted by Gasteiger charge is 2.19. The number of nitrogens with zero attached hydrogens (tertiary/aromatic N) is 5. The molecule has 136 valence electrons. The monoisotopic (exact) mass is 336 g/mol. The number of aryl methyl sites for hydroxylation is 1. The molecule has 1 aromatic heterocycles. The Hall–Kier alpha value is -1.63. The molecule has 0 aliphatic carbocycles. The van der Waals surface area contributed by atoms with Crippen LogP contribution in [0.25, 0.3) is 0 Å². The predicted octanol–water partition coefficient (Wildman–Crippen LogP) is 1.73. The largest absolute Gasteiger partial charge is 0.382 e. The van der Waals surface area contributed by atoms with Crippen molar-refractivity contribution in [2.24, 2.45) is 18.0 Å². The number of guanidine groups is 1. The van der Waals surface area contributed by atoms with Gasteiger partial charge in [-0.3, -0.25) is 0 Å². The first-order chi connectivity index (χ1) is 11.6. The fourth-order valence-corrected chi connectivity index (χ4v) is 2.90. The maximum Gasteiger partial charge on any atom is 0.194 e. The van der Waals surface area contributed by atoms with Gasteiger partial charge >= 0.3 is 0 Å². The van der Waals surface area contributed by atoms with Crippen molar-refractivity contribution in [3.63, 3.8) is 0 Å². The van der Waals surface area contributed by atoms with Crippen LogP contribution in [0.2, 0.25) is 0 Å². The fourth-order valence-electron chi connectivity index (χ4n) is 2.90. The van der Waals surface area contributed by atoms with Crippen molar-refractivity contribution in [1.29, 1.82) is 0 Å². The third-order valence-corrected chi connectivity index (χ3v) is 4.46. The second kappa shape index (κ2) is 9.61. The number of rotatable bonds is 7. The molecule has 1 aromatic rings. The summed E-state index contributed by atoms with van der Waals surface area (Å²) < 4.78 is 7.41. The average Bonchev–Trinajstić information content (AvgIpc) is 2.89. The summed E-state index contributed by atoms with van der Waals surface area (Å²) in [6.07, 6.45) is 3.51. The number of hydrogen-bond acceptors (Lipinski definition) is 4. The van der Waals surface area contributed by atoms with Gasteiger partial charge in [-0.2, -0.15) is 0 Å². The van der Waals surface area contributed by atoms with Gasteiger partial charge in [0.2, 0.25) is 0 Å². The van der Waals surface area contributed by atoms with Crippen LogP contribution in [0.15, 0.2) is 4.99 Å². The second-order valence-electron chi connectivity index (χ2n) is 6.53. The Bertz CT molecular complexity index is 527. The van der Waals surface area contributed by atoms with Gasteiger partial charge in [0.1, 0.15) is 12.4 Å². The maximum atomic E-state index is 5.41. The quantitative estimate of drug-likeness (QED) is 0.466. The molecule has 0 aromatic carbocycles. The summed E-state index contributed by atoms with van der Waals surface area (Å²) in [4.78, 5) is 7.18. The number of hydrogen-bond donors (Lipinski definition) is 1. The highest BCUT2D eigenvalue weighted by Crippen LogP contribution is 2.15. The summed E-state index contributed by atoms with van der Waals surface area (Å²) in [5.74, 6) is 3.51. The van der Waals surface area contributed by atoms with E-state index in [1.807, 2.05) is 25.5 Å². The highest BCUT2D eigenvalue weighted by atomic mass is 16.5.